The molecular formula is C12H9F2N7. The van der Waals surface area contributed by atoms with Crippen LogP contribution in [0.15, 0.2) is 24.3 Å². The molecule has 106 valence electrons. The predicted octanol–water partition coefficient (Wildman–Crippen LogP) is 2.14. The maximum Gasteiger partial charge on any atom is 0.282 e. The van der Waals surface area contributed by atoms with E-state index in [1.165, 1.54) is 4.68 Å². The third-order valence-electron chi connectivity index (χ3n) is 3.22. The highest BCUT2D eigenvalue weighted by Crippen LogP contribution is 2.30. The monoisotopic (exact) mass is 289 g/mol. The smallest absolute Gasteiger partial charge is 0.282 e. The number of aromatic amines is 2. The molecule has 1 aromatic carbocycles. The summed E-state index contributed by atoms with van der Waals surface area (Å²) in [4.78, 5) is 7.34. The molecule has 4 rings (SSSR count). The van der Waals surface area contributed by atoms with E-state index in [1.54, 1.807) is 0 Å². The minimum atomic E-state index is -2.75. The van der Waals surface area contributed by atoms with E-state index in [9.17, 15) is 8.78 Å². The number of nitrogens with two attached hydrogens (primary N) is 1. The molecule has 0 aliphatic heterocycles. The SMILES string of the molecule is Nc1[nH]nc2c1c(C(F)F)nn2-c1nc2ccccc2[nH]1. The Hall–Kier alpha value is -2.97. The summed E-state index contributed by atoms with van der Waals surface area (Å²) >= 11 is 0. The summed E-state index contributed by atoms with van der Waals surface area (Å²) in [5.74, 6) is 0.363. The van der Waals surface area contributed by atoms with E-state index in [2.05, 4.69) is 25.3 Å². The number of rotatable bonds is 2. The molecule has 21 heavy (non-hydrogen) atoms. The van der Waals surface area contributed by atoms with E-state index < -0.39 is 12.1 Å². The van der Waals surface area contributed by atoms with Crippen LogP contribution in [0.5, 0.6) is 0 Å². The minimum Gasteiger partial charge on any atom is -0.383 e. The number of para-hydroxylation sites is 2. The van der Waals surface area contributed by atoms with E-state index in [4.69, 9.17) is 5.73 Å². The first-order chi connectivity index (χ1) is 10.1. The Morgan fingerprint density at radius 1 is 1.24 bits per heavy atom. The van der Waals surface area contributed by atoms with Crippen molar-refractivity contribution >= 4 is 27.9 Å². The Bertz CT molecular complexity index is 916. The van der Waals surface area contributed by atoms with Gasteiger partial charge in [0.25, 0.3) is 6.43 Å². The van der Waals surface area contributed by atoms with Crippen LogP contribution in [0, 0.1) is 0 Å². The van der Waals surface area contributed by atoms with Crippen molar-refractivity contribution in [2.45, 2.75) is 6.43 Å². The standard InChI is InChI=1S/C12H9F2N7/c13-9(14)8-7-10(15)18-19-11(7)21(20-8)12-16-5-3-1-2-4-6(5)17-12/h1-4,9H,(H,16,17)(H3,15,18,19). The minimum absolute atomic E-state index is 0.0580. The molecule has 0 saturated heterocycles. The van der Waals surface area contributed by atoms with Gasteiger partial charge in [0.05, 0.1) is 16.4 Å². The van der Waals surface area contributed by atoms with Crippen LogP contribution in [0.3, 0.4) is 0 Å². The topological polar surface area (TPSA) is 101 Å². The molecule has 9 heteroatoms. The third kappa shape index (κ3) is 1.60. The lowest BCUT2D eigenvalue weighted by atomic mass is 10.3. The van der Waals surface area contributed by atoms with E-state index >= 15 is 0 Å². The predicted molar refractivity (Wildman–Crippen MR) is 72.2 cm³/mol. The van der Waals surface area contributed by atoms with Gasteiger partial charge in [0, 0.05) is 0 Å². The Morgan fingerprint density at radius 3 is 2.81 bits per heavy atom. The second-order valence-electron chi connectivity index (χ2n) is 4.51. The maximum absolute atomic E-state index is 13.1. The summed E-state index contributed by atoms with van der Waals surface area (Å²) in [5.41, 5.74) is 6.92. The second-order valence-corrected chi connectivity index (χ2v) is 4.51. The summed E-state index contributed by atoms with van der Waals surface area (Å²) in [6.45, 7) is 0. The zero-order chi connectivity index (χ0) is 14.6. The molecule has 4 aromatic rings. The average molecular weight is 289 g/mol. The van der Waals surface area contributed by atoms with Gasteiger partial charge >= 0.3 is 0 Å². The van der Waals surface area contributed by atoms with Gasteiger partial charge < -0.3 is 10.7 Å². The van der Waals surface area contributed by atoms with Crippen molar-refractivity contribution in [3.8, 4) is 5.95 Å². The molecule has 0 aliphatic rings. The number of nitrogens with one attached hydrogen (secondary N) is 2. The first kappa shape index (κ1) is 11.8. The largest absolute Gasteiger partial charge is 0.383 e. The van der Waals surface area contributed by atoms with Crippen molar-refractivity contribution in [3.05, 3.63) is 30.0 Å². The first-order valence-corrected chi connectivity index (χ1v) is 6.11. The summed E-state index contributed by atoms with van der Waals surface area (Å²) in [6, 6.07) is 7.32. The average Bonchev–Trinajstić information content (AvgIpc) is 3.13. The number of hydrogen-bond donors (Lipinski definition) is 3. The van der Waals surface area contributed by atoms with Gasteiger partial charge in [-0.05, 0) is 12.1 Å². The van der Waals surface area contributed by atoms with Crippen molar-refractivity contribution in [3.63, 3.8) is 0 Å². The molecule has 0 bridgehead atoms. The van der Waals surface area contributed by atoms with Gasteiger partial charge in [-0.15, -0.1) is 0 Å². The van der Waals surface area contributed by atoms with E-state index in [1.807, 2.05) is 24.3 Å². The molecular weight excluding hydrogens is 280 g/mol. The van der Waals surface area contributed by atoms with E-state index in [-0.39, 0.29) is 16.9 Å². The normalized spacial score (nSPS) is 12.0. The number of halogens is 2. The molecule has 0 unspecified atom stereocenters. The number of benzene rings is 1. The van der Waals surface area contributed by atoms with Crippen LogP contribution in [-0.2, 0) is 0 Å². The Balaban J connectivity index is 2.01. The van der Waals surface area contributed by atoms with E-state index in [0.717, 1.165) is 5.52 Å². The van der Waals surface area contributed by atoms with Crippen LogP contribution in [0.2, 0.25) is 0 Å². The highest BCUT2D eigenvalue weighted by Gasteiger charge is 2.24. The fourth-order valence-corrected chi connectivity index (χ4v) is 2.30. The molecule has 7 nitrogen and oxygen atoms in total. The molecule has 0 atom stereocenters. The molecule has 0 spiro atoms. The molecule has 3 heterocycles. The lowest BCUT2D eigenvalue weighted by molar-refractivity contribution is 0.147. The zero-order valence-electron chi connectivity index (χ0n) is 10.5. The van der Waals surface area contributed by atoms with Gasteiger partial charge in [-0.2, -0.15) is 14.9 Å². The summed E-state index contributed by atoms with van der Waals surface area (Å²) in [5, 5.41) is 10.4. The quantitative estimate of drug-likeness (QED) is 0.526. The highest BCUT2D eigenvalue weighted by molar-refractivity contribution is 5.90. The number of fused-ring (bicyclic) bond motifs is 2. The van der Waals surface area contributed by atoms with Crippen LogP contribution in [0.1, 0.15) is 12.1 Å². The van der Waals surface area contributed by atoms with Crippen LogP contribution >= 0.6 is 0 Å². The molecule has 0 radical (unpaired) electrons. The van der Waals surface area contributed by atoms with Gasteiger partial charge in [0.1, 0.15) is 11.5 Å². The first-order valence-electron chi connectivity index (χ1n) is 6.11. The molecule has 4 N–H and O–H groups in total. The van der Waals surface area contributed by atoms with Crippen molar-refractivity contribution in [1.29, 1.82) is 0 Å². The number of H-pyrrole nitrogens is 2. The number of alkyl halides is 2. The summed E-state index contributed by atoms with van der Waals surface area (Å²) in [6.07, 6.45) is -2.75. The van der Waals surface area contributed by atoms with Crippen molar-refractivity contribution in [1.82, 2.24) is 29.9 Å². The molecule has 0 aliphatic carbocycles. The number of imidazole rings is 1. The Labute approximate surface area is 115 Å². The fraction of sp³-hybridized carbons (Fsp3) is 0.0833. The van der Waals surface area contributed by atoms with Crippen molar-refractivity contribution in [2.24, 2.45) is 0 Å². The summed E-state index contributed by atoms with van der Waals surface area (Å²) < 4.78 is 27.4. The van der Waals surface area contributed by atoms with E-state index in [0.29, 0.717) is 11.5 Å². The molecule has 3 aromatic heterocycles. The van der Waals surface area contributed by atoms with Gasteiger partial charge in [-0.3, -0.25) is 5.10 Å². The van der Waals surface area contributed by atoms with Crippen LogP contribution in [-0.4, -0.2) is 29.9 Å². The number of hydrogen-bond acceptors (Lipinski definition) is 4. The number of aromatic nitrogens is 6. The number of nitrogen functional groups attached to an aromatic ring is 1. The Kier molecular flexibility index (Phi) is 2.26. The molecule has 0 saturated carbocycles. The van der Waals surface area contributed by atoms with Crippen LogP contribution < -0.4 is 5.73 Å². The third-order valence-corrected chi connectivity index (χ3v) is 3.22. The number of nitrogens with zero attached hydrogens (tertiary/aromatic N) is 4. The fourth-order valence-electron chi connectivity index (χ4n) is 2.30. The lowest BCUT2D eigenvalue weighted by Gasteiger charge is -1.95. The second kappa shape index (κ2) is 4.01. The van der Waals surface area contributed by atoms with Gasteiger partial charge in [0.15, 0.2) is 5.65 Å². The highest BCUT2D eigenvalue weighted by atomic mass is 19.3. The van der Waals surface area contributed by atoms with Gasteiger partial charge in [-0.1, -0.05) is 12.1 Å². The van der Waals surface area contributed by atoms with Crippen molar-refractivity contribution < 1.29 is 8.78 Å². The van der Waals surface area contributed by atoms with Crippen LogP contribution in [0.4, 0.5) is 14.6 Å². The summed E-state index contributed by atoms with van der Waals surface area (Å²) in [7, 11) is 0. The lowest BCUT2D eigenvalue weighted by Crippen LogP contribution is -2.01. The number of anilines is 1. The molecule has 0 amide bonds. The Morgan fingerprint density at radius 2 is 2.05 bits per heavy atom. The maximum atomic E-state index is 13.1. The van der Waals surface area contributed by atoms with Crippen molar-refractivity contribution in [2.75, 3.05) is 5.73 Å². The van der Waals surface area contributed by atoms with Gasteiger partial charge in [0.2, 0.25) is 5.95 Å². The zero-order valence-corrected chi connectivity index (χ0v) is 10.5. The van der Waals surface area contributed by atoms with Gasteiger partial charge in [-0.25, -0.2) is 13.8 Å². The molecule has 0 fully saturated rings. The van der Waals surface area contributed by atoms with Crippen LogP contribution in [0.25, 0.3) is 28.0 Å².